The Kier molecular flexibility index (Phi) is 4.82. The van der Waals surface area contributed by atoms with Crippen molar-refractivity contribution in [1.29, 1.82) is 0 Å². The third-order valence-electron chi connectivity index (χ3n) is 3.23. The highest BCUT2D eigenvalue weighted by Crippen LogP contribution is 2.27. The van der Waals surface area contributed by atoms with Crippen LogP contribution in [0.25, 0.3) is 0 Å². The zero-order valence-corrected chi connectivity index (χ0v) is 12.5. The van der Waals surface area contributed by atoms with Crippen LogP contribution < -0.4 is 14.8 Å². The minimum absolute atomic E-state index is 0.218. The van der Waals surface area contributed by atoms with Crippen LogP contribution in [0.4, 0.5) is 0 Å². The van der Waals surface area contributed by atoms with Gasteiger partial charge in [0.1, 0.15) is 17.1 Å². The Morgan fingerprint density at radius 1 is 1.00 bits per heavy atom. The highest BCUT2D eigenvalue weighted by Gasteiger charge is 2.17. The molecule has 0 aromatic heterocycles. The van der Waals surface area contributed by atoms with Gasteiger partial charge in [0, 0.05) is 6.54 Å². The van der Waals surface area contributed by atoms with Crippen molar-refractivity contribution in [2.75, 3.05) is 14.2 Å². The van der Waals surface area contributed by atoms with Crippen LogP contribution >= 0.6 is 0 Å². The molecule has 0 saturated heterocycles. The lowest BCUT2D eigenvalue weighted by Crippen LogP contribution is -2.24. The molecule has 0 aliphatic heterocycles. The van der Waals surface area contributed by atoms with Crippen LogP contribution in [0.2, 0.25) is 0 Å². The smallest absolute Gasteiger partial charge is 0.259 e. The Balaban J connectivity index is 2.15. The fourth-order valence-electron chi connectivity index (χ4n) is 2.05. The molecule has 2 aromatic rings. The third kappa shape index (κ3) is 3.54. The maximum atomic E-state index is 12.4. The van der Waals surface area contributed by atoms with Crippen LogP contribution in [0.5, 0.6) is 11.5 Å². The summed E-state index contributed by atoms with van der Waals surface area (Å²) in [6.45, 7) is 2.49. The van der Waals surface area contributed by atoms with Gasteiger partial charge in [0.25, 0.3) is 5.91 Å². The summed E-state index contributed by atoms with van der Waals surface area (Å²) in [5, 5.41) is 2.89. The number of carbonyl (C=O) groups is 1. The van der Waals surface area contributed by atoms with Crippen LogP contribution in [0.3, 0.4) is 0 Å². The first-order chi connectivity index (χ1) is 10.2. The highest BCUT2D eigenvalue weighted by atomic mass is 16.5. The molecule has 4 heteroatoms. The van der Waals surface area contributed by atoms with E-state index in [1.807, 2.05) is 31.2 Å². The molecule has 0 atom stereocenters. The molecule has 4 nitrogen and oxygen atoms in total. The van der Waals surface area contributed by atoms with E-state index in [2.05, 4.69) is 5.32 Å². The maximum Gasteiger partial charge on any atom is 0.259 e. The molecule has 0 unspecified atom stereocenters. The maximum absolute atomic E-state index is 12.4. The predicted molar refractivity (Wildman–Crippen MR) is 81.9 cm³/mol. The highest BCUT2D eigenvalue weighted by molar-refractivity contribution is 5.99. The molecule has 2 aromatic carbocycles. The van der Waals surface area contributed by atoms with Crippen molar-refractivity contribution in [3.8, 4) is 11.5 Å². The van der Waals surface area contributed by atoms with Crippen LogP contribution in [0.15, 0.2) is 42.5 Å². The first kappa shape index (κ1) is 14.9. The summed E-state index contributed by atoms with van der Waals surface area (Å²) in [6.07, 6.45) is 0. The molecule has 0 heterocycles. The predicted octanol–water partition coefficient (Wildman–Crippen LogP) is 2.94. The van der Waals surface area contributed by atoms with Crippen LogP contribution in [-0.4, -0.2) is 20.1 Å². The molecular formula is C17H19NO3. The number of hydrogen-bond donors (Lipinski definition) is 1. The topological polar surface area (TPSA) is 47.6 Å². The van der Waals surface area contributed by atoms with Crippen LogP contribution in [0.1, 0.15) is 21.5 Å². The third-order valence-corrected chi connectivity index (χ3v) is 3.23. The molecule has 0 spiro atoms. The lowest BCUT2D eigenvalue weighted by Gasteiger charge is -2.13. The number of rotatable bonds is 5. The fraction of sp³-hybridized carbons (Fsp3) is 0.235. The van der Waals surface area contributed by atoms with Gasteiger partial charge in [-0.1, -0.05) is 35.9 Å². The van der Waals surface area contributed by atoms with E-state index in [4.69, 9.17) is 9.47 Å². The minimum Gasteiger partial charge on any atom is -0.496 e. The van der Waals surface area contributed by atoms with Crippen molar-refractivity contribution < 1.29 is 14.3 Å². The van der Waals surface area contributed by atoms with Gasteiger partial charge in [-0.3, -0.25) is 4.79 Å². The standard InChI is InChI=1S/C17H19NO3/c1-12-7-9-13(10-8-12)11-18-17(19)16-14(20-2)5-4-6-15(16)21-3/h4-10H,11H2,1-3H3,(H,18,19). The van der Waals surface area contributed by atoms with E-state index >= 15 is 0 Å². The fourth-order valence-corrected chi connectivity index (χ4v) is 2.05. The van der Waals surface area contributed by atoms with Gasteiger partial charge in [-0.05, 0) is 24.6 Å². The first-order valence-corrected chi connectivity index (χ1v) is 6.70. The van der Waals surface area contributed by atoms with Crippen molar-refractivity contribution >= 4 is 5.91 Å². The van der Waals surface area contributed by atoms with Crippen molar-refractivity contribution in [2.45, 2.75) is 13.5 Å². The molecule has 0 saturated carbocycles. The van der Waals surface area contributed by atoms with Gasteiger partial charge in [-0.2, -0.15) is 0 Å². The Labute approximate surface area is 124 Å². The van der Waals surface area contributed by atoms with Gasteiger partial charge < -0.3 is 14.8 Å². The summed E-state index contributed by atoms with van der Waals surface area (Å²) in [6, 6.07) is 13.3. The number of amides is 1. The van der Waals surface area contributed by atoms with E-state index in [0.29, 0.717) is 23.6 Å². The molecule has 0 aliphatic carbocycles. The number of benzene rings is 2. The molecule has 0 radical (unpaired) electrons. The quantitative estimate of drug-likeness (QED) is 0.918. The van der Waals surface area contributed by atoms with Gasteiger partial charge in [0.15, 0.2) is 0 Å². The number of hydrogen-bond acceptors (Lipinski definition) is 3. The minimum atomic E-state index is -0.218. The number of nitrogens with one attached hydrogen (secondary N) is 1. The van der Waals surface area contributed by atoms with Gasteiger partial charge in [-0.15, -0.1) is 0 Å². The van der Waals surface area contributed by atoms with E-state index < -0.39 is 0 Å². The van der Waals surface area contributed by atoms with E-state index in [1.165, 1.54) is 19.8 Å². The van der Waals surface area contributed by atoms with Gasteiger partial charge in [0.05, 0.1) is 14.2 Å². The van der Waals surface area contributed by atoms with Gasteiger partial charge >= 0.3 is 0 Å². The largest absolute Gasteiger partial charge is 0.496 e. The summed E-state index contributed by atoms with van der Waals surface area (Å²) in [4.78, 5) is 12.4. The second-order valence-electron chi connectivity index (χ2n) is 4.71. The van der Waals surface area contributed by atoms with Gasteiger partial charge in [-0.25, -0.2) is 0 Å². The van der Waals surface area contributed by atoms with E-state index in [9.17, 15) is 4.79 Å². The lowest BCUT2D eigenvalue weighted by atomic mass is 10.1. The molecule has 21 heavy (non-hydrogen) atoms. The van der Waals surface area contributed by atoms with Crippen molar-refractivity contribution in [2.24, 2.45) is 0 Å². The lowest BCUT2D eigenvalue weighted by molar-refractivity contribution is 0.0944. The molecular weight excluding hydrogens is 266 g/mol. The Bertz CT molecular complexity index is 598. The Morgan fingerprint density at radius 2 is 1.57 bits per heavy atom. The summed E-state index contributed by atoms with van der Waals surface area (Å²) in [5.41, 5.74) is 2.65. The Morgan fingerprint density at radius 3 is 2.10 bits per heavy atom. The number of ether oxygens (including phenoxy) is 2. The van der Waals surface area contributed by atoms with E-state index in [-0.39, 0.29) is 5.91 Å². The second-order valence-corrected chi connectivity index (χ2v) is 4.71. The molecule has 0 aliphatic rings. The van der Waals surface area contributed by atoms with Gasteiger partial charge in [0.2, 0.25) is 0 Å². The molecule has 0 bridgehead atoms. The summed E-state index contributed by atoms with van der Waals surface area (Å²) >= 11 is 0. The monoisotopic (exact) mass is 285 g/mol. The van der Waals surface area contributed by atoms with E-state index in [1.54, 1.807) is 18.2 Å². The van der Waals surface area contributed by atoms with Crippen LogP contribution in [-0.2, 0) is 6.54 Å². The zero-order chi connectivity index (χ0) is 15.2. The van der Waals surface area contributed by atoms with Crippen LogP contribution in [0, 0.1) is 6.92 Å². The number of aryl methyl sites for hydroxylation is 1. The van der Waals surface area contributed by atoms with Crippen molar-refractivity contribution in [1.82, 2.24) is 5.32 Å². The normalized spacial score (nSPS) is 10.0. The summed E-state index contributed by atoms with van der Waals surface area (Å²) < 4.78 is 10.5. The second kappa shape index (κ2) is 6.79. The molecule has 1 N–H and O–H groups in total. The molecule has 110 valence electrons. The molecule has 2 rings (SSSR count). The average Bonchev–Trinajstić information content (AvgIpc) is 2.53. The molecule has 0 fully saturated rings. The SMILES string of the molecule is COc1cccc(OC)c1C(=O)NCc1ccc(C)cc1. The average molecular weight is 285 g/mol. The molecule has 1 amide bonds. The van der Waals surface area contributed by atoms with E-state index in [0.717, 1.165) is 5.56 Å². The zero-order valence-electron chi connectivity index (χ0n) is 12.5. The van der Waals surface area contributed by atoms with Crippen molar-refractivity contribution in [3.05, 3.63) is 59.2 Å². The Hall–Kier alpha value is -2.49. The number of carbonyl (C=O) groups excluding carboxylic acids is 1. The summed E-state index contributed by atoms with van der Waals surface area (Å²) in [7, 11) is 3.07. The first-order valence-electron chi connectivity index (χ1n) is 6.70. The van der Waals surface area contributed by atoms with Crippen molar-refractivity contribution in [3.63, 3.8) is 0 Å². The summed E-state index contributed by atoms with van der Waals surface area (Å²) in [5.74, 6) is 0.774. The number of methoxy groups -OCH3 is 2.